The zero-order valence-corrected chi connectivity index (χ0v) is 15.1. The number of methoxy groups -OCH3 is 1. The normalized spacial score (nSPS) is 21.0. The topological polar surface area (TPSA) is 36.0 Å². The summed E-state index contributed by atoms with van der Waals surface area (Å²) in [5.74, 6) is 0.915. The van der Waals surface area contributed by atoms with Crippen LogP contribution in [0.3, 0.4) is 0 Å². The van der Waals surface area contributed by atoms with Gasteiger partial charge in [-0.3, -0.25) is 9.69 Å². The van der Waals surface area contributed by atoms with Crippen molar-refractivity contribution in [2.75, 3.05) is 53.4 Å². The van der Waals surface area contributed by atoms with Gasteiger partial charge in [0, 0.05) is 50.9 Å². The van der Waals surface area contributed by atoms with Gasteiger partial charge in [0.1, 0.15) is 5.75 Å². The minimum atomic E-state index is 0.130. The van der Waals surface area contributed by atoms with E-state index in [1.807, 2.05) is 30.0 Å². The van der Waals surface area contributed by atoms with E-state index in [4.69, 9.17) is 4.74 Å². The summed E-state index contributed by atoms with van der Waals surface area (Å²) in [6, 6.07) is 6.37. The van der Waals surface area contributed by atoms with Crippen molar-refractivity contribution >= 4 is 5.91 Å². The number of amides is 1. The Hall–Kier alpha value is -1.59. The Morgan fingerprint density at radius 2 is 1.75 bits per heavy atom. The van der Waals surface area contributed by atoms with E-state index in [0.29, 0.717) is 6.04 Å². The number of hydrogen-bond acceptors (Lipinski definition) is 4. The van der Waals surface area contributed by atoms with E-state index in [9.17, 15) is 4.79 Å². The molecular weight excluding hydrogens is 302 g/mol. The van der Waals surface area contributed by atoms with E-state index in [2.05, 4.69) is 16.8 Å². The predicted molar refractivity (Wildman–Crippen MR) is 95.7 cm³/mol. The first-order valence-corrected chi connectivity index (χ1v) is 8.95. The van der Waals surface area contributed by atoms with Gasteiger partial charge in [0.15, 0.2) is 0 Å². The number of rotatable bonds is 3. The number of ether oxygens (including phenoxy) is 1. The van der Waals surface area contributed by atoms with Crippen LogP contribution in [0.15, 0.2) is 18.2 Å². The molecule has 0 saturated carbocycles. The lowest BCUT2D eigenvalue weighted by molar-refractivity contribution is 0.0518. The molecule has 2 aliphatic rings. The molecule has 0 unspecified atom stereocenters. The number of benzene rings is 1. The molecule has 0 aliphatic carbocycles. The van der Waals surface area contributed by atoms with E-state index < -0.39 is 0 Å². The van der Waals surface area contributed by atoms with Crippen molar-refractivity contribution in [3.8, 4) is 5.75 Å². The molecule has 5 nitrogen and oxygen atoms in total. The molecule has 1 aromatic carbocycles. The molecule has 2 saturated heterocycles. The van der Waals surface area contributed by atoms with Gasteiger partial charge in [-0.25, -0.2) is 0 Å². The molecule has 1 amide bonds. The summed E-state index contributed by atoms with van der Waals surface area (Å²) in [5, 5.41) is 0. The van der Waals surface area contributed by atoms with E-state index in [-0.39, 0.29) is 5.91 Å². The highest BCUT2D eigenvalue weighted by molar-refractivity contribution is 5.94. The van der Waals surface area contributed by atoms with Gasteiger partial charge in [0.05, 0.1) is 7.11 Å². The maximum atomic E-state index is 12.8. The number of hydrogen-bond donors (Lipinski definition) is 0. The van der Waals surface area contributed by atoms with Crippen molar-refractivity contribution in [1.29, 1.82) is 0 Å². The van der Waals surface area contributed by atoms with Crippen LogP contribution in [0.25, 0.3) is 0 Å². The molecule has 0 N–H and O–H groups in total. The highest BCUT2D eigenvalue weighted by Gasteiger charge is 2.28. The van der Waals surface area contributed by atoms with Gasteiger partial charge in [-0.05, 0) is 44.5 Å². The van der Waals surface area contributed by atoms with E-state index in [0.717, 1.165) is 69.0 Å². The molecule has 2 heterocycles. The van der Waals surface area contributed by atoms with Crippen molar-refractivity contribution in [2.45, 2.75) is 25.8 Å². The Morgan fingerprint density at radius 3 is 2.38 bits per heavy atom. The second-order valence-electron chi connectivity index (χ2n) is 7.05. The van der Waals surface area contributed by atoms with Crippen LogP contribution >= 0.6 is 0 Å². The van der Waals surface area contributed by atoms with Crippen LogP contribution in [0, 0.1) is 6.92 Å². The maximum absolute atomic E-state index is 12.8. The van der Waals surface area contributed by atoms with Gasteiger partial charge >= 0.3 is 0 Å². The van der Waals surface area contributed by atoms with Crippen molar-refractivity contribution in [3.63, 3.8) is 0 Å². The molecule has 0 radical (unpaired) electrons. The second-order valence-corrected chi connectivity index (χ2v) is 7.05. The Morgan fingerprint density at radius 1 is 1.08 bits per heavy atom. The summed E-state index contributed by atoms with van der Waals surface area (Å²) in [5.41, 5.74) is 1.79. The van der Waals surface area contributed by atoms with Gasteiger partial charge in [-0.2, -0.15) is 0 Å². The summed E-state index contributed by atoms with van der Waals surface area (Å²) < 4.78 is 5.35. The highest BCUT2D eigenvalue weighted by Crippen LogP contribution is 2.23. The number of piperidine rings is 1. The first-order valence-electron chi connectivity index (χ1n) is 8.95. The van der Waals surface area contributed by atoms with Crippen molar-refractivity contribution in [2.24, 2.45) is 0 Å². The van der Waals surface area contributed by atoms with E-state index >= 15 is 0 Å². The quantitative estimate of drug-likeness (QED) is 0.847. The minimum absolute atomic E-state index is 0.130. The molecular formula is C19H29N3O2. The molecule has 0 atom stereocenters. The number of likely N-dealkylation sites (tertiary alicyclic amines) is 1. The van der Waals surface area contributed by atoms with E-state index in [1.54, 1.807) is 7.11 Å². The van der Waals surface area contributed by atoms with Crippen LogP contribution in [0.2, 0.25) is 0 Å². The molecule has 0 bridgehead atoms. The van der Waals surface area contributed by atoms with Crippen molar-refractivity contribution < 1.29 is 9.53 Å². The summed E-state index contributed by atoms with van der Waals surface area (Å²) in [6.45, 7) is 8.33. The van der Waals surface area contributed by atoms with Gasteiger partial charge in [0.2, 0.25) is 0 Å². The SMILES string of the molecule is COc1cc(C(=O)N2CCC(N3CCN(C)CC3)CC2)ccc1C. The molecule has 2 aliphatic heterocycles. The lowest BCUT2D eigenvalue weighted by atomic mass is 10.0. The van der Waals surface area contributed by atoms with Gasteiger partial charge in [0.25, 0.3) is 5.91 Å². The number of carbonyl (C=O) groups excluding carboxylic acids is 1. The zero-order valence-electron chi connectivity index (χ0n) is 15.1. The monoisotopic (exact) mass is 331 g/mol. The largest absolute Gasteiger partial charge is 0.496 e. The highest BCUT2D eigenvalue weighted by atomic mass is 16.5. The van der Waals surface area contributed by atoms with Crippen LogP contribution in [0.5, 0.6) is 5.75 Å². The van der Waals surface area contributed by atoms with Crippen LogP contribution in [-0.4, -0.2) is 80.1 Å². The molecule has 0 aromatic heterocycles. The fourth-order valence-electron chi connectivity index (χ4n) is 3.76. The first kappa shape index (κ1) is 17.2. The van der Waals surface area contributed by atoms with Crippen LogP contribution < -0.4 is 4.74 Å². The Labute approximate surface area is 145 Å². The zero-order chi connectivity index (χ0) is 17.1. The van der Waals surface area contributed by atoms with Crippen LogP contribution in [0.1, 0.15) is 28.8 Å². The lowest BCUT2D eigenvalue weighted by Crippen LogP contribution is -2.52. The number of carbonyl (C=O) groups is 1. The molecule has 2 fully saturated rings. The van der Waals surface area contributed by atoms with Gasteiger partial charge in [-0.1, -0.05) is 6.07 Å². The second kappa shape index (κ2) is 7.53. The average Bonchev–Trinajstić information content (AvgIpc) is 2.62. The Balaban J connectivity index is 1.57. The molecule has 5 heteroatoms. The third-order valence-corrected chi connectivity index (χ3v) is 5.46. The fourth-order valence-corrected chi connectivity index (χ4v) is 3.76. The number of aryl methyl sites for hydroxylation is 1. The maximum Gasteiger partial charge on any atom is 0.253 e. The third kappa shape index (κ3) is 3.73. The minimum Gasteiger partial charge on any atom is -0.496 e. The first-order chi connectivity index (χ1) is 11.6. The van der Waals surface area contributed by atoms with Crippen molar-refractivity contribution in [1.82, 2.24) is 14.7 Å². The fraction of sp³-hybridized carbons (Fsp3) is 0.632. The average molecular weight is 331 g/mol. The third-order valence-electron chi connectivity index (χ3n) is 5.46. The van der Waals surface area contributed by atoms with Crippen LogP contribution in [-0.2, 0) is 0 Å². The summed E-state index contributed by atoms with van der Waals surface area (Å²) in [4.78, 5) is 19.7. The summed E-state index contributed by atoms with van der Waals surface area (Å²) in [6.07, 6.45) is 2.16. The molecule has 1 aromatic rings. The van der Waals surface area contributed by atoms with Crippen molar-refractivity contribution in [3.05, 3.63) is 29.3 Å². The number of likely N-dealkylation sites (N-methyl/N-ethyl adjacent to an activating group) is 1. The smallest absolute Gasteiger partial charge is 0.253 e. The lowest BCUT2D eigenvalue weighted by Gasteiger charge is -2.42. The molecule has 24 heavy (non-hydrogen) atoms. The molecule has 3 rings (SSSR count). The number of piperazine rings is 1. The standard InChI is InChI=1S/C19H29N3O2/c1-15-4-5-16(14-18(15)24-3)19(23)22-8-6-17(7-9-22)21-12-10-20(2)11-13-21/h4-5,14,17H,6-13H2,1-3H3. The predicted octanol–water partition coefficient (Wildman–Crippen LogP) is 1.86. The van der Waals surface area contributed by atoms with Crippen LogP contribution in [0.4, 0.5) is 0 Å². The molecule has 0 spiro atoms. The van der Waals surface area contributed by atoms with Gasteiger partial charge < -0.3 is 14.5 Å². The Bertz CT molecular complexity index is 574. The van der Waals surface area contributed by atoms with Gasteiger partial charge in [-0.15, -0.1) is 0 Å². The Kier molecular flexibility index (Phi) is 5.41. The summed E-state index contributed by atoms with van der Waals surface area (Å²) in [7, 11) is 3.84. The molecule has 132 valence electrons. The number of nitrogens with zero attached hydrogens (tertiary/aromatic N) is 3. The van der Waals surface area contributed by atoms with E-state index in [1.165, 1.54) is 0 Å². The summed E-state index contributed by atoms with van der Waals surface area (Å²) >= 11 is 0.